The summed E-state index contributed by atoms with van der Waals surface area (Å²) in [5.41, 5.74) is 10.6. The van der Waals surface area contributed by atoms with Crippen LogP contribution >= 0.6 is 11.8 Å². The molecule has 20 heavy (non-hydrogen) atoms. The highest BCUT2D eigenvalue weighted by molar-refractivity contribution is 7.97. The highest BCUT2D eigenvalue weighted by atomic mass is 32.2. The van der Waals surface area contributed by atoms with Crippen LogP contribution in [0.25, 0.3) is 0 Å². The molecule has 0 aliphatic rings. The summed E-state index contributed by atoms with van der Waals surface area (Å²) in [5.74, 6) is 8.08. The molecule has 0 fully saturated rings. The number of thioether (sulfide) groups is 1. The summed E-state index contributed by atoms with van der Waals surface area (Å²) in [6, 6.07) is 16.8. The van der Waals surface area contributed by atoms with Gasteiger partial charge < -0.3 is 5.73 Å². The second-order valence-corrected chi connectivity index (χ2v) is 5.57. The van der Waals surface area contributed by atoms with Crippen molar-refractivity contribution in [3.63, 3.8) is 0 Å². The Morgan fingerprint density at radius 2 is 1.60 bits per heavy atom. The van der Waals surface area contributed by atoms with Gasteiger partial charge in [-0.2, -0.15) is 11.8 Å². The Hall–Kier alpha value is -1.69. The summed E-state index contributed by atoms with van der Waals surface area (Å²) in [6.45, 7) is 2.57. The molecular formula is C18H19NS. The second-order valence-electron chi connectivity index (χ2n) is 4.58. The first kappa shape index (κ1) is 14.7. The van der Waals surface area contributed by atoms with Gasteiger partial charge in [0, 0.05) is 17.1 Å². The van der Waals surface area contributed by atoms with Crippen LogP contribution in [0.15, 0.2) is 48.5 Å². The van der Waals surface area contributed by atoms with Gasteiger partial charge in [0.15, 0.2) is 0 Å². The molecule has 0 saturated carbocycles. The molecule has 0 atom stereocenters. The first-order valence-electron chi connectivity index (χ1n) is 6.70. The first-order valence-corrected chi connectivity index (χ1v) is 7.86. The molecular weight excluding hydrogens is 262 g/mol. The second kappa shape index (κ2) is 7.79. The maximum absolute atomic E-state index is 5.44. The minimum absolute atomic E-state index is 0.407. The van der Waals surface area contributed by atoms with Gasteiger partial charge in [0.05, 0.1) is 6.54 Å². The van der Waals surface area contributed by atoms with Crippen LogP contribution in [0.5, 0.6) is 0 Å². The number of rotatable bonds is 4. The highest BCUT2D eigenvalue weighted by Gasteiger charge is 2.01. The van der Waals surface area contributed by atoms with Crippen molar-refractivity contribution in [3.05, 3.63) is 70.8 Å². The molecule has 0 unspecified atom stereocenters. The van der Waals surface area contributed by atoms with Crippen LogP contribution in [0.1, 0.15) is 22.3 Å². The number of nitrogens with two attached hydrogens (primary N) is 1. The van der Waals surface area contributed by atoms with Crippen molar-refractivity contribution in [2.75, 3.05) is 6.54 Å². The van der Waals surface area contributed by atoms with Crippen molar-refractivity contribution in [3.8, 4) is 11.8 Å². The maximum atomic E-state index is 5.44. The molecule has 2 aromatic rings. The summed E-state index contributed by atoms with van der Waals surface area (Å²) in [5, 5.41) is 0. The lowest BCUT2D eigenvalue weighted by Gasteiger charge is -2.07. The number of hydrogen-bond acceptors (Lipinski definition) is 2. The maximum Gasteiger partial charge on any atom is 0.0555 e. The Balaban J connectivity index is 1.99. The molecule has 1 nitrogen and oxygen atoms in total. The molecule has 0 aromatic heterocycles. The zero-order valence-corrected chi connectivity index (χ0v) is 12.5. The van der Waals surface area contributed by atoms with E-state index in [1.807, 2.05) is 17.8 Å². The number of aryl methyl sites for hydroxylation is 1. The molecule has 2 aromatic carbocycles. The zero-order valence-electron chi connectivity index (χ0n) is 11.7. The summed E-state index contributed by atoms with van der Waals surface area (Å²) in [4.78, 5) is 0. The van der Waals surface area contributed by atoms with Crippen LogP contribution in [-0.4, -0.2) is 6.54 Å². The highest BCUT2D eigenvalue weighted by Crippen LogP contribution is 2.21. The van der Waals surface area contributed by atoms with Crippen molar-refractivity contribution in [2.45, 2.75) is 18.4 Å². The van der Waals surface area contributed by atoms with Crippen LogP contribution in [0.2, 0.25) is 0 Å². The van der Waals surface area contributed by atoms with Gasteiger partial charge in [0.1, 0.15) is 0 Å². The van der Waals surface area contributed by atoms with Crippen molar-refractivity contribution >= 4 is 11.8 Å². The lowest BCUT2D eigenvalue weighted by molar-refractivity contribution is 1.29. The molecule has 0 aliphatic heterocycles. The van der Waals surface area contributed by atoms with Gasteiger partial charge in [-0.15, -0.1) is 0 Å². The molecule has 2 N–H and O–H groups in total. The van der Waals surface area contributed by atoms with Gasteiger partial charge in [0.25, 0.3) is 0 Å². The predicted molar refractivity (Wildman–Crippen MR) is 88.6 cm³/mol. The Labute approximate surface area is 125 Å². The van der Waals surface area contributed by atoms with E-state index in [9.17, 15) is 0 Å². The van der Waals surface area contributed by atoms with Gasteiger partial charge in [0.2, 0.25) is 0 Å². The fourth-order valence-corrected chi connectivity index (χ4v) is 3.07. The van der Waals surface area contributed by atoms with Crippen molar-refractivity contribution < 1.29 is 0 Å². The molecule has 0 spiro atoms. The standard InChI is InChI=1S/C18H19NS/c1-15-7-2-3-9-17(15)13-20-14-18-10-5-4-8-16(18)11-6-12-19/h2-5,7-10H,12-14,19H2,1H3. The van der Waals surface area contributed by atoms with E-state index in [1.165, 1.54) is 16.7 Å². The van der Waals surface area contributed by atoms with Crippen LogP contribution in [0.4, 0.5) is 0 Å². The molecule has 0 saturated heterocycles. The largest absolute Gasteiger partial charge is 0.320 e. The van der Waals surface area contributed by atoms with E-state index in [0.717, 1.165) is 17.1 Å². The van der Waals surface area contributed by atoms with Gasteiger partial charge in [-0.1, -0.05) is 54.3 Å². The zero-order chi connectivity index (χ0) is 14.2. The first-order chi connectivity index (χ1) is 9.81. The Morgan fingerprint density at radius 1 is 0.950 bits per heavy atom. The average Bonchev–Trinajstić information content (AvgIpc) is 2.48. The fraction of sp³-hybridized carbons (Fsp3) is 0.222. The summed E-state index contributed by atoms with van der Waals surface area (Å²) >= 11 is 1.92. The van der Waals surface area contributed by atoms with Crippen molar-refractivity contribution in [1.29, 1.82) is 0 Å². The average molecular weight is 281 g/mol. The number of hydrogen-bond donors (Lipinski definition) is 1. The van der Waals surface area contributed by atoms with Crippen molar-refractivity contribution in [2.24, 2.45) is 5.73 Å². The van der Waals surface area contributed by atoms with Gasteiger partial charge >= 0.3 is 0 Å². The molecule has 0 amide bonds. The van der Waals surface area contributed by atoms with E-state index in [1.54, 1.807) is 0 Å². The SMILES string of the molecule is Cc1ccccc1CSCc1ccccc1C#CCN. The third kappa shape index (κ3) is 4.16. The molecule has 0 bridgehead atoms. The van der Waals surface area contributed by atoms with Crippen LogP contribution < -0.4 is 5.73 Å². The fourth-order valence-electron chi connectivity index (χ4n) is 1.96. The third-order valence-electron chi connectivity index (χ3n) is 3.12. The van der Waals surface area contributed by atoms with Crippen molar-refractivity contribution in [1.82, 2.24) is 0 Å². The lowest BCUT2D eigenvalue weighted by atomic mass is 10.1. The third-order valence-corrected chi connectivity index (χ3v) is 4.15. The topological polar surface area (TPSA) is 26.0 Å². The van der Waals surface area contributed by atoms with E-state index in [4.69, 9.17) is 5.73 Å². The summed E-state index contributed by atoms with van der Waals surface area (Å²) in [6.07, 6.45) is 0. The van der Waals surface area contributed by atoms with Crippen LogP contribution in [0, 0.1) is 18.8 Å². The summed E-state index contributed by atoms with van der Waals surface area (Å²) in [7, 11) is 0. The van der Waals surface area contributed by atoms with Gasteiger partial charge in [-0.05, 0) is 29.7 Å². The molecule has 2 heteroatoms. The van der Waals surface area contributed by atoms with Gasteiger partial charge in [-0.3, -0.25) is 0 Å². The number of benzene rings is 2. The molecule has 102 valence electrons. The van der Waals surface area contributed by atoms with E-state index in [2.05, 4.69) is 61.2 Å². The monoisotopic (exact) mass is 281 g/mol. The molecule has 0 aliphatic carbocycles. The minimum atomic E-state index is 0.407. The predicted octanol–water partition coefficient (Wildman–Crippen LogP) is 3.74. The Kier molecular flexibility index (Phi) is 5.73. The molecule has 2 rings (SSSR count). The normalized spacial score (nSPS) is 9.90. The van der Waals surface area contributed by atoms with Crippen LogP contribution in [-0.2, 0) is 11.5 Å². The minimum Gasteiger partial charge on any atom is -0.320 e. The molecule has 0 radical (unpaired) electrons. The lowest BCUT2D eigenvalue weighted by Crippen LogP contribution is -1.94. The van der Waals surface area contributed by atoms with E-state index in [0.29, 0.717) is 6.54 Å². The van der Waals surface area contributed by atoms with E-state index >= 15 is 0 Å². The Morgan fingerprint density at radius 3 is 2.35 bits per heavy atom. The van der Waals surface area contributed by atoms with E-state index < -0.39 is 0 Å². The smallest absolute Gasteiger partial charge is 0.0555 e. The quantitative estimate of drug-likeness (QED) is 0.864. The van der Waals surface area contributed by atoms with Crippen LogP contribution in [0.3, 0.4) is 0 Å². The van der Waals surface area contributed by atoms with Gasteiger partial charge in [-0.25, -0.2) is 0 Å². The van der Waals surface area contributed by atoms with E-state index in [-0.39, 0.29) is 0 Å². The summed E-state index contributed by atoms with van der Waals surface area (Å²) < 4.78 is 0. The Bertz CT molecular complexity index is 623. The molecule has 0 heterocycles.